The lowest BCUT2D eigenvalue weighted by Crippen LogP contribution is -2.35. The van der Waals surface area contributed by atoms with Crippen molar-refractivity contribution >= 4 is 23.1 Å². The summed E-state index contributed by atoms with van der Waals surface area (Å²) < 4.78 is 0. The Morgan fingerprint density at radius 1 is 1.27 bits per heavy atom. The fraction of sp³-hybridized carbons (Fsp3) is 0.500. The summed E-state index contributed by atoms with van der Waals surface area (Å²) in [5.74, 6) is -0.0955. The van der Waals surface area contributed by atoms with Crippen LogP contribution in [0.4, 0.5) is 0 Å². The number of rotatable bonds is 5. The maximum absolute atomic E-state index is 10.5. The molecule has 1 heterocycles. The number of hydrogen-bond donors (Lipinski definition) is 3. The molecule has 1 aromatic heterocycles. The highest BCUT2D eigenvalue weighted by Crippen LogP contribution is 2.15. The normalized spacial score (nSPS) is 9.08. The minimum absolute atomic E-state index is 0.0768. The number of fused-ring (bicyclic) bond motifs is 1. The Bertz CT molecular complexity index is 594. The Kier molecular flexibility index (Phi) is 17.7. The predicted octanol–water partition coefficient (Wildman–Crippen LogP) is 2.72. The van der Waals surface area contributed by atoms with Crippen LogP contribution in [0.5, 0.6) is 0 Å². The highest BCUT2D eigenvalue weighted by atomic mass is 16.1. The molecule has 0 atom stereocenters. The largest absolute Gasteiger partial charge is 0.361 e. The van der Waals surface area contributed by atoms with Gasteiger partial charge < -0.3 is 25.7 Å². The third-order valence-electron chi connectivity index (χ3n) is 3.03. The Hall–Kier alpha value is -2.18. The van der Waals surface area contributed by atoms with Gasteiger partial charge in [0, 0.05) is 36.6 Å². The molecule has 1 aromatic carbocycles. The zero-order chi connectivity index (χ0) is 20.4. The number of amides is 1. The molecule has 0 aliphatic heterocycles. The molecule has 0 saturated heterocycles. The summed E-state index contributed by atoms with van der Waals surface area (Å²) in [5, 5.41) is 3.98. The van der Waals surface area contributed by atoms with Gasteiger partial charge in [0.15, 0.2) is 0 Å². The van der Waals surface area contributed by atoms with Gasteiger partial charge in [0.1, 0.15) is 6.29 Å². The first-order chi connectivity index (χ1) is 12.5. The molecule has 0 bridgehead atoms. The molecule has 148 valence electrons. The van der Waals surface area contributed by atoms with E-state index in [-0.39, 0.29) is 12.5 Å². The number of aromatic nitrogens is 1. The van der Waals surface area contributed by atoms with Crippen molar-refractivity contribution in [3.8, 4) is 0 Å². The van der Waals surface area contributed by atoms with Gasteiger partial charge >= 0.3 is 0 Å². The van der Waals surface area contributed by atoms with E-state index in [1.54, 1.807) is 0 Å². The highest BCUT2D eigenvalue weighted by molar-refractivity contribution is 5.82. The minimum atomic E-state index is -0.0955. The monoisotopic (exact) mass is 364 g/mol. The minimum Gasteiger partial charge on any atom is -0.361 e. The molecule has 0 fully saturated rings. The summed E-state index contributed by atoms with van der Waals surface area (Å²) in [4.78, 5) is 24.9. The van der Waals surface area contributed by atoms with E-state index < -0.39 is 0 Å². The second-order valence-electron chi connectivity index (χ2n) is 5.45. The van der Waals surface area contributed by atoms with Gasteiger partial charge in [-0.3, -0.25) is 4.79 Å². The van der Waals surface area contributed by atoms with Crippen LogP contribution in [0.3, 0.4) is 0 Å². The number of carbonyl (C=O) groups is 2. The van der Waals surface area contributed by atoms with Crippen LogP contribution in [0.1, 0.15) is 32.8 Å². The molecule has 4 N–H and O–H groups in total. The van der Waals surface area contributed by atoms with Crippen molar-refractivity contribution < 1.29 is 9.59 Å². The second-order valence-corrected chi connectivity index (χ2v) is 5.45. The van der Waals surface area contributed by atoms with E-state index in [1.165, 1.54) is 16.5 Å². The predicted molar refractivity (Wildman–Crippen MR) is 111 cm³/mol. The van der Waals surface area contributed by atoms with Gasteiger partial charge in [-0.15, -0.1) is 0 Å². The van der Waals surface area contributed by atoms with Gasteiger partial charge in [0.2, 0.25) is 5.91 Å². The fourth-order valence-electron chi connectivity index (χ4n) is 1.71. The molecule has 0 saturated carbocycles. The molecule has 0 radical (unpaired) electrons. The molecular weight excluding hydrogens is 328 g/mol. The number of likely N-dealkylation sites (N-methyl/N-ethyl adjacent to an activating group) is 1. The second kappa shape index (κ2) is 17.6. The smallest absolute Gasteiger partial charge is 0.233 e. The van der Waals surface area contributed by atoms with Crippen LogP contribution in [-0.2, 0) is 9.59 Å². The number of H-pyrrole nitrogens is 1. The molecule has 1 amide bonds. The zero-order valence-corrected chi connectivity index (χ0v) is 17.1. The molecule has 6 heteroatoms. The van der Waals surface area contributed by atoms with Crippen LogP contribution >= 0.6 is 0 Å². The number of para-hydroxylation sites is 1. The van der Waals surface area contributed by atoms with Crippen molar-refractivity contribution in [3.63, 3.8) is 0 Å². The van der Waals surface area contributed by atoms with E-state index in [4.69, 9.17) is 5.73 Å². The summed E-state index contributed by atoms with van der Waals surface area (Å²) in [7, 11) is 3.91. The third kappa shape index (κ3) is 13.1. The van der Waals surface area contributed by atoms with Crippen LogP contribution in [-0.4, -0.2) is 55.8 Å². The quantitative estimate of drug-likeness (QED) is 0.712. The van der Waals surface area contributed by atoms with Crippen molar-refractivity contribution in [3.05, 3.63) is 36.0 Å². The molecular formula is C20H36N4O2. The van der Waals surface area contributed by atoms with Gasteiger partial charge in [-0.05, 0) is 32.6 Å². The highest BCUT2D eigenvalue weighted by Gasteiger charge is 1.95. The Labute approximate surface area is 158 Å². The summed E-state index contributed by atoms with van der Waals surface area (Å²) in [6, 6.07) is 8.31. The number of nitrogens with two attached hydrogens (primary N) is 1. The number of benzene rings is 1. The lowest BCUT2D eigenvalue weighted by atomic mass is 10.2. The van der Waals surface area contributed by atoms with Gasteiger partial charge in [0.05, 0.1) is 6.54 Å². The SMILES string of the molecule is CC.CCC=O.CN(C)CCNC(=O)CN.Cc1c[nH]c2ccccc12. The van der Waals surface area contributed by atoms with Crippen molar-refractivity contribution in [1.29, 1.82) is 0 Å². The number of nitrogens with one attached hydrogen (secondary N) is 2. The first kappa shape index (κ1) is 26.1. The number of hydrogen-bond acceptors (Lipinski definition) is 4. The van der Waals surface area contributed by atoms with Crippen molar-refractivity contribution in [1.82, 2.24) is 15.2 Å². The van der Waals surface area contributed by atoms with E-state index in [0.29, 0.717) is 13.0 Å². The average molecular weight is 365 g/mol. The van der Waals surface area contributed by atoms with Gasteiger partial charge in [-0.2, -0.15) is 0 Å². The molecule has 0 spiro atoms. The molecule has 2 rings (SSSR count). The summed E-state index contributed by atoms with van der Waals surface area (Å²) in [6.45, 7) is 9.52. The molecule has 26 heavy (non-hydrogen) atoms. The Morgan fingerprint density at radius 2 is 1.85 bits per heavy atom. The summed E-state index contributed by atoms with van der Waals surface area (Å²) in [6.07, 6.45) is 3.55. The topological polar surface area (TPSA) is 91.2 Å². The number of nitrogens with zero attached hydrogens (tertiary/aromatic N) is 1. The first-order valence-electron chi connectivity index (χ1n) is 9.04. The van der Waals surface area contributed by atoms with E-state index in [9.17, 15) is 9.59 Å². The number of aromatic amines is 1. The number of aldehydes is 1. The first-order valence-corrected chi connectivity index (χ1v) is 9.04. The van der Waals surface area contributed by atoms with Gasteiger partial charge in [0.25, 0.3) is 0 Å². The molecule has 0 aliphatic rings. The van der Waals surface area contributed by atoms with E-state index in [1.807, 2.05) is 52.0 Å². The lowest BCUT2D eigenvalue weighted by Gasteiger charge is -2.09. The maximum Gasteiger partial charge on any atom is 0.233 e. The van der Waals surface area contributed by atoms with Gasteiger partial charge in [-0.1, -0.05) is 39.0 Å². The van der Waals surface area contributed by atoms with Crippen LogP contribution in [0, 0.1) is 6.92 Å². The Balaban J connectivity index is 0. The molecule has 0 aliphatic carbocycles. The Morgan fingerprint density at radius 3 is 2.31 bits per heavy atom. The maximum atomic E-state index is 10.5. The lowest BCUT2D eigenvalue weighted by molar-refractivity contribution is -0.119. The standard InChI is InChI=1S/C9H9N.C6H15N3O.C3H6O.C2H6/c1-7-6-10-9-5-3-2-4-8(7)9;1-9(2)4-3-8-6(10)5-7;1-2-3-4;1-2/h2-6,10H,1H3;3-5,7H2,1-2H3,(H,8,10);3H,2H2,1H3;1-2H3. The van der Waals surface area contributed by atoms with E-state index in [2.05, 4.69) is 35.4 Å². The van der Waals surface area contributed by atoms with Crippen molar-refractivity contribution in [2.45, 2.75) is 34.1 Å². The van der Waals surface area contributed by atoms with Crippen LogP contribution in [0.2, 0.25) is 0 Å². The molecule has 2 aromatic rings. The number of aryl methyl sites for hydroxylation is 1. The van der Waals surface area contributed by atoms with E-state index in [0.717, 1.165) is 12.8 Å². The van der Waals surface area contributed by atoms with Crippen LogP contribution in [0.25, 0.3) is 10.9 Å². The zero-order valence-electron chi connectivity index (χ0n) is 17.1. The van der Waals surface area contributed by atoms with Crippen LogP contribution in [0.15, 0.2) is 30.5 Å². The third-order valence-corrected chi connectivity index (χ3v) is 3.03. The average Bonchev–Trinajstić information content (AvgIpc) is 3.05. The molecule has 6 nitrogen and oxygen atoms in total. The summed E-state index contributed by atoms with van der Waals surface area (Å²) in [5.41, 5.74) is 7.60. The van der Waals surface area contributed by atoms with Crippen molar-refractivity contribution in [2.24, 2.45) is 5.73 Å². The van der Waals surface area contributed by atoms with Gasteiger partial charge in [-0.25, -0.2) is 0 Å². The van der Waals surface area contributed by atoms with Crippen molar-refractivity contribution in [2.75, 3.05) is 33.7 Å². The van der Waals surface area contributed by atoms with E-state index >= 15 is 0 Å². The summed E-state index contributed by atoms with van der Waals surface area (Å²) >= 11 is 0. The van der Waals surface area contributed by atoms with Crippen LogP contribution < -0.4 is 11.1 Å². The number of carbonyl (C=O) groups excluding carboxylic acids is 2. The molecule has 0 unspecified atom stereocenters. The fourth-order valence-corrected chi connectivity index (χ4v) is 1.71.